The number of thiazole rings is 1. The zero-order chi connectivity index (χ0) is 11.5. The molecule has 0 radical (unpaired) electrons. The van der Waals surface area contributed by atoms with E-state index < -0.39 is 0 Å². The average molecular weight is 273 g/mol. The first-order valence-electron chi connectivity index (χ1n) is 5.00. The summed E-state index contributed by atoms with van der Waals surface area (Å²) in [7, 11) is 0. The number of thioether (sulfide) groups is 1. The summed E-state index contributed by atoms with van der Waals surface area (Å²) in [6.45, 7) is 2.16. The van der Waals surface area contributed by atoms with Gasteiger partial charge in [0.05, 0.1) is 10.2 Å². The summed E-state index contributed by atoms with van der Waals surface area (Å²) < 4.78 is 1.17. The van der Waals surface area contributed by atoms with E-state index in [1.165, 1.54) is 4.70 Å². The van der Waals surface area contributed by atoms with Crippen LogP contribution in [0.5, 0.6) is 0 Å². The SMILES string of the molecule is CSCC(C)Nc1nc2cc(Cl)ccc2s1. The summed E-state index contributed by atoms with van der Waals surface area (Å²) in [4.78, 5) is 4.51. The van der Waals surface area contributed by atoms with E-state index in [9.17, 15) is 0 Å². The summed E-state index contributed by atoms with van der Waals surface area (Å²) in [6.07, 6.45) is 2.11. The fourth-order valence-electron chi connectivity index (χ4n) is 1.46. The Hall–Kier alpha value is -0.450. The molecule has 5 heteroatoms. The highest BCUT2D eigenvalue weighted by atomic mass is 35.5. The lowest BCUT2D eigenvalue weighted by molar-refractivity contribution is 0.912. The zero-order valence-electron chi connectivity index (χ0n) is 9.16. The molecule has 2 rings (SSSR count). The molecule has 1 aromatic heterocycles. The maximum atomic E-state index is 5.92. The molecular weight excluding hydrogens is 260 g/mol. The van der Waals surface area contributed by atoms with Crippen LogP contribution in [0.1, 0.15) is 6.92 Å². The molecule has 0 aliphatic rings. The van der Waals surface area contributed by atoms with Crippen molar-refractivity contribution < 1.29 is 0 Å². The van der Waals surface area contributed by atoms with Gasteiger partial charge in [0.2, 0.25) is 0 Å². The average Bonchev–Trinajstić information content (AvgIpc) is 2.59. The predicted molar refractivity (Wildman–Crippen MR) is 76.1 cm³/mol. The monoisotopic (exact) mass is 272 g/mol. The molecule has 16 heavy (non-hydrogen) atoms. The standard InChI is InChI=1S/C11H13ClN2S2/c1-7(6-15-2)13-11-14-9-5-8(12)3-4-10(9)16-11/h3-5,7H,6H2,1-2H3,(H,13,14). The van der Waals surface area contributed by atoms with Crippen LogP contribution in [-0.4, -0.2) is 23.0 Å². The summed E-state index contributed by atoms with van der Waals surface area (Å²) in [6, 6.07) is 6.25. The summed E-state index contributed by atoms with van der Waals surface area (Å²) in [5, 5.41) is 5.10. The molecule has 1 unspecified atom stereocenters. The molecule has 0 spiro atoms. The van der Waals surface area contributed by atoms with Crippen LogP contribution in [0, 0.1) is 0 Å². The Kier molecular flexibility index (Phi) is 3.95. The largest absolute Gasteiger partial charge is 0.358 e. The number of anilines is 1. The third kappa shape index (κ3) is 2.81. The quantitative estimate of drug-likeness (QED) is 0.907. The second-order valence-electron chi connectivity index (χ2n) is 3.63. The van der Waals surface area contributed by atoms with Crippen molar-refractivity contribution in [2.75, 3.05) is 17.3 Å². The van der Waals surface area contributed by atoms with E-state index in [2.05, 4.69) is 23.5 Å². The van der Waals surface area contributed by atoms with E-state index in [0.29, 0.717) is 6.04 Å². The first-order chi connectivity index (χ1) is 7.69. The third-order valence-corrected chi connectivity index (χ3v) is 4.17. The van der Waals surface area contributed by atoms with E-state index >= 15 is 0 Å². The molecule has 0 aliphatic heterocycles. The molecule has 0 aliphatic carbocycles. The van der Waals surface area contributed by atoms with Crippen molar-refractivity contribution in [2.24, 2.45) is 0 Å². The minimum absolute atomic E-state index is 0.436. The van der Waals surface area contributed by atoms with E-state index in [4.69, 9.17) is 11.6 Å². The number of halogens is 1. The van der Waals surface area contributed by atoms with Crippen molar-refractivity contribution in [2.45, 2.75) is 13.0 Å². The topological polar surface area (TPSA) is 24.9 Å². The number of nitrogens with zero attached hydrogens (tertiary/aromatic N) is 1. The molecule has 2 nitrogen and oxygen atoms in total. The predicted octanol–water partition coefficient (Wildman–Crippen LogP) is 4.11. The molecule has 0 amide bonds. The molecule has 1 atom stereocenters. The number of hydrogen-bond donors (Lipinski definition) is 1. The van der Waals surface area contributed by atoms with Crippen LogP contribution in [0.15, 0.2) is 18.2 Å². The minimum Gasteiger partial charge on any atom is -0.358 e. The molecule has 1 aromatic carbocycles. The van der Waals surface area contributed by atoms with Gasteiger partial charge in [-0.15, -0.1) is 0 Å². The van der Waals surface area contributed by atoms with Crippen LogP contribution in [0.3, 0.4) is 0 Å². The highest BCUT2D eigenvalue weighted by molar-refractivity contribution is 7.98. The molecular formula is C11H13ClN2S2. The first kappa shape index (κ1) is 12.0. The molecule has 0 fully saturated rings. The van der Waals surface area contributed by atoms with Gasteiger partial charge in [0.1, 0.15) is 0 Å². The Morgan fingerprint density at radius 3 is 3.12 bits per heavy atom. The first-order valence-corrected chi connectivity index (χ1v) is 7.59. The van der Waals surface area contributed by atoms with Gasteiger partial charge in [-0.1, -0.05) is 22.9 Å². The molecule has 0 bridgehead atoms. The van der Waals surface area contributed by atoms with Crippen molar-refractivity contribution in [3.8, 4) is 0 Å². The number of benzene rings is 1. The number of aromatic nitrogens is 1. The van der Waals surface area contributed by atoms with Crippen molar-refractivity contribution >= 4 is 50.0 Å². The third-order valence-electron chi connectivity index (χ3n) is 2.14. The van der Waals surface area contributed by atoms with E-state index in [1.807, 2.05) is 30.0 Å². The van der Waals surface area contributed by atoms with Gasteiger partial charge in [0, 0.05) is 16.8 Å². The highest BCUT2D eigenvalue weighted by Gasteiger charge is 2.06. The van der Waals surface area contributed by atoms with E-state index in [0.717, 1.165) is 21.4 Å². The van der Waals surface area contributed by atoms with Gasteiger partial charge in [-0.2, -0.15) is 11.8 Å². The van der Waals surface area contributed by atoms with Gasteiger partial charge in [-0.25, -0.2) is 4.98 Å². The Labute approximate surface area is 108 Å². The number of rotatable bonds is 4. The van der Waals surface area contributed by atoms with E-state index in [-0.39, 0.29) is 0 Å². The normalized spacial score (nSPS) is 12.9. The van der Waals surface area contributed by atoms with Crippen LogP contribution in [-0.2, 0) is 0 Å². The Morgan fingerprint density at radius 2 is 2.38 bits per heavy atom. The number of fused-ring (bicyclic) bond motifs is 1. The van der Waals surface area contributed by atoms with E-state index in [1.54, 1.807) is 11.3 Å². The van der Waals surface area contributed by atoms with Gasteiger partial charge in [0.15, 0.2) is 5.13 Å². The maximum Gasteiger partial charge on any atom is 0.184 e. The fourth-order valence-corrected chi connectivity index (χ4v) is 3.17. The van der Waals surface area contributed by atoms with Crippen molar-refractivity contribution in [3.05, 3.63) is 23.2 Å². The van der Waals surface area contributed by atoms with Crippen LogP contribution in [0.2, 0.25) is 5.02 Å². The van der Waals surface area contributed by atoms with Crippen molar-refractivity contribution in [1.29, 1.82) is 0 Å². The Morgan fingerprint density at radius 1 is 1.56 bits per heavy atom. The highest BCUT2D eigenvalue weighted by Crippen LogP contribution is 2.28. The second kappa shape index (κ2) is 5.25. The molecule has 1 N–H and O–H groups in total. The van der Waals surface area contributed by atoms with Gasteiger partial charge < -0.3 is 5.32 Å². The fraction of sp³-hybridized carbons (Fsp3) is 0.364. The smallest absolute Gasteiger partial charge is 0.184 e. The van der Waals surface area contributed by atoms with Gasteiger partial charge in [-0.3, -0.25) is 0 Å². The van der Waals surface area contributed by atoms with Gasteiger partial charge in [-0.05, 0) is 31.4 Å². The number of nitrogens with one attached hydrogen (secondary N) is 1. The van der Waals surface area contributed by atoms with Gasteiger partial charge in [0.25, 0.3) is 0 Å². The zero-order valence-corrected chi connectivity index (χ0v) is 11.5. The number of hydrogen-bond acceptors (Lipinski definition) is 4. The lowest BCUT2D eigenvalue weighted by Gasteiger charge is -2.09. The van der Waals surface area contributed by atoms with Crippen LogP contribution >= 0.6 is 34.7 Å². The second-order valence-corrected chi connectivity index (χ2v) is 6.01. The Bertz CT molecular complexity index is 484. The maximum absolute atomic E-state index is 5.92. The van der Waals surface area contributed by atoms with Crippen molar-refractivity contribution in [3.63, 3.8) is 0 Å². The minimum atomic E-state index is 0.436. The Balaban J connectivity index is 2.19. The lowest BCUT2D eigenvalue weighted by atomic mass is 10.3. The summed E-state index contributed by atoms with van der Waals surface area (Å²) in [5.74, 6) is 1.08. The van der Waals surface area contributed by atoms with Crippen LogP contribution < -0.4 is 5.32 Å². The molecule has 1 heterocycles. The summed E-state index contributed by atoms with van der Waals surface area (Å²) >= 11 is 9.43. The summed E-state index contributed by atoms with van der Waals surface area (Å²) in [5.41, 5.74) is 0.969. The molecule has 2 aromatic rings. The van der Waals surface area contributed by atoms with Crippen molar-refractivity contribution in [1.82, 2.24) is 4.98 Å². The van der Waals surface area contributed by atoms with Crippen LogP contribution in [0.4, 0.5) is 5.13 Å². The lowest BCUT2D eigenvalue weighted by Crippen LogP contribution is -2.17. The van der Waals surface area contributed by atoms with Crippen LogP contribution in [0.25, 0.3) is 10.2 Å². The van der Waals surface area contributed by atoms with Gasteiger partial charge >= 0.3 is 0 Å². The molecule has 0 saturated heterocycles. The molecule has 86 valence electrons. The molecule has 0 saturated carbocycles.